The third-order valence-electron chi connectivity index (χ3n) is 4.89. The maximum absolute atomic E-state index is 12.9. The number of non-ortho nitro benzene ring substituents is 1. The van der Waals surface area contributed by atoms with Crippen LogP contribution in [0.2, 0.25) is 0 Å². The summed E-state index contributed by atoms with van der Waals surface area (Å²) < 4.78 is 0. The largest absolute Gasteiger partial charge is 0.344 e. The first-order valence-electron chi connectivity index (χ1n) is 8.88. The van der Waals surface area contributed by atoms with Crippen LogP contribution in [0.4, 0.5) is 10.5 Å². The molecule has 150 valence electrons. The number of para-hydroxylation sites is 1. The third kappa shape index (κ3) is 3.09. The van der Waals surface area contributed by atoms with E-state index in [2.05, 4.69) is 15.7 Å². The van der Waals surface area contributed by atoms with Gasteiger partial charge in [0.1, 0.15) is 11.2 Å². The molecule has 1 saturated heterocycles. The summed E-state index contributed by atoms with van der Waals surface area (Å²) in [7, 11) is 0. The molecule has 2 N–H and O–H groups in total. The summed E-state index contributed by atoms with van der Waals surface area (Å²) >= 11 is 0. The van der Waals surface area contributed by atoms with E-state index >= 15 is 0 Å². The number of aromatic nitrogens is 1. The number of rotatable bonds is 4. The molecular formula is C20H15N5O5. The number of hydrogen-bond donors (Lipinski definition) is 2. The molecule has 10 heteroatoms. The van der Waals surface area contributed by atoms with Gasteiger partial charge in [-0.15, -0.1) is 0 Å². The second-order valence-electron chi connectivity index (χ2n) is 6.83. The number of imide groups is 1. The monoisotopic (exact) mass is 405 g/mol. The molecule has 1 aromatic heterocycles. The highest BCUT2D eigenvalue weighted by Gasteiger charge is 2.50. The van der Waals surface area contributed by atoms with E-state index in [1.54, 1.807) is 18.2 Å². The maximum Gasteiger partial charge on any atom is 0.344 e. The van der Waals surface area contributed by atoms with Crippen molar-refractivity contribution in [3.63, 3.8) is 0 Å². The Morgan fingerprint density at radius 3 is 2.50 bits per heavy atom. The number of nitro benzene ring substituents is 1. The Kier molecular flexibility index (Phi) is 4.38. The molecule has 0 bridgehead atoms. The van der Waals surface area contributed by atoms with Crippen LogP contribution in [0.3, 0.4) is 0 Å². The van der Waals surface area contributed by atoms with Crippen LogP contribution in [0.25, 0.3) is 10.9 Å². The van der Waals surface area contributed by atoms with Gasteiger partial charge in [0.15, 0.2) is 0 Å². The summed E-state index contributed by atoms with van der Waals surface area (Å²) in [5, 5.41) is 14.8. The molecule has 0 radical (unpaired) electrons. The second-order valence-corrected chi connectivity index (χ2v) is 6.83. The highest BCUT2D eigenvalue weighted by molar-refractivity contribution is 6.09. The first kappa shape index (κ1) is 19.0. The van der Waals surface area contributed by atoms with Crippen molar-refractivity contribution in [3.05, 3.63) is 82.0 Å². The lowest BCUT2D eigenvalue weighted by Gasteiger charge is -2.22. The van der Waals surface area contributed by atoms with Crippen LogP contribution in [0.1, 0.15) is 23.0 Å². The first-order chi connectivity index (χ1) is 14.3. The highest BCUT2D eigenvalue weighted by atomic mass is 16.6. The van der Waals surface area contributed by atoms with Crippen LogP contribution in [0.15, 0.2) is 60.7 Å². The van der Waals surface area contributed by atoms with Gasteiger partial charge in [0, 0.05) is 17.5 Å². The Morgan fingerprint density at radius 1 is 1.10 bits per heavy atom. The van der Waals surface area contributed by atoms with E-state index in [1.807, 2.05) is 12.1 Å². The summed E-state index contributed by atoms with van der Waals surface area (Å²) in [4.78, 5) is 52.4. The maximum atomic E-state index is 12.9. The fraction of sp³-hybridized carbons (Fsp3) is 0.100. The SMILES string of the molecule is C[C@@]1(c2ccc([N+](=O)[O-])cc2)NC(=O)N(NC(=O)c2ccc3ccccc3n2)C1=O. The van der Waals surface area contributed by atoms with Crippen LogP contribution in [-0.4, -0.2) is 32.8 Å². The van der Waals surface area contributed by atoms with Crippen molar-refractivity contribution in [2.75, 3.05) is 0 Å². The number of hydrazine groups is 1. The lowest BCUT2D eigenvalue weighted by molar-refractivity contribution is -0.384. The predicted molar refractivity (Wildman–Crippen MR) is 105 cm³/mol. The van der Waals surface area contributed by atoms with E-state index < -0.39 is 28.3 Å². The summed E-state index contributed by atoms with van der Waals surface area (Å²) in [6, 6.07) is 14.8. The molecule has 4 rings (SSSR count). The van der Waals surface area contributed by atoms with E-state index in [-0.39, 0.29) is 11.4 Å². The predicted octanol–water partition coefficient (Wildman–Crippen LogP) is 2.25. The zero-order valence-corrected chi connectivity index (χ0v) is 15.7. The minimum atomic E-state index is -1.49. The molecule has 1 fully saturated rings. The molecule has 3 aromatic rings. The van der Waals surface area contributed by atoms with Crippen molar-refractivity contribution >= 4 is 34.4 Å². The average Bonchev–Trinajstić information content (AvgIpc) is 2.97. The van der Waals surface area contributed by atoms with Gasteiger partial charge in [0.25, 0.3) is 17.5 Å². The van der Waals surface area contributed by atoms with Gasteiger partial charge in [-0.1, -0.05) is 24.3 Å². The molecule has 1 atom stereocenters. The summed E-state index contributed by atoms with van der Waals surface area (Å²) in [6.07, 6.45) is 0. The molecule has 30 heavy (non-hydrogen) atoms. The van der Waals surface area contributed by atoms with Crippen molar-refractivity contribution in [2.24, 2.45) is 0 Å². The average molecular weight is 405 g/mol. The zero-order valence-electron chi connectivity index (χ0n) is 15.7. The molecular weight excluding hydrogens is 390 g/mol. The number of amides is 4. The van der Waals surface area contributed by atoms with Gasteiger partial charge in [-0.25, -0.2) is 9.78 Å². The summed E-state index contributed by atoms with van der Waals surface area (Å²) in [5.41, 5.74) is 1.61. The van der Waals surface area contributed by atoms with Crippen LogP contribution >= 0.6 is 0 Å². The quantitative estimate of drug-likeness (QED) is 0.388. The number of urea groups is 1. The molecule has 0 saturated carbocycles. The number of pyridine rings is 1. The lowest BCUT2D eigenvalue weighted by Crippen LogP contribution is -2.48. The van der Waals surface area contributed by atoms with Gasteiger partial charge in [0.05, 0.1) is 10.4 Å². The molecule has 2 heterocycles. The fourth-order valence-corrected chi connectivity index (χ4v) is 3.20. The summed E-state index contributed by atoms with van der Waals surface area (Å²) in [5.74, 6) is -1.45. The molecule has 2 aromatic carbocycles. The molecule has 0 spiro atoms. The smallest absolute Gasteiger partial charge is 0.318 e. The Morgan fingerprint density at radius 2 is 1.80 bits per heavy atom. The lowest BCUT2D eigenvalue weighted by atomic mass is 9.92. The van der Waals surface area contributed by atoms with Crippen LogP contribution in [0, 0.1) is 10.1 Å². The van der Waals surface area contributed by atoms with Crippen molar-refractivity contribution in [3.8, 4) is 0 Å². The highest BCUT2D eigenvalue weighted by Crippen LogP contribution is 2.29. The second kappa shape index (κ2) is 6.92. The van der Waals surface area contributed by atoms with Gasteiger partial charge in [-0.05, 0) is 36.8 Å². The van der Waals surface area contributed by atoms with Gasteiger partial charge in [0.2, 0.25) is 0 Å². The van der Waals surface area contributed by atoms with Gasteiger partial charge in [-0.2, -0.15) is 5.01 Å². The minimum absolute atomic E-state index is 0.0400. The van der Waals surface area contributed by atoms with Gasteiger partial charge < -0.3 is 5.32 Å². The first-order valence-corrected chi connectivity index (χ1v) is 8.88. The van der Waals surface area contributed by atoms with Crippen LogP contribution < -0.4 is 10.7 Å². The van der Waals surface area contributed by atoms with Crippen molar-refractivity contribution in [1.82, 2.24) is 20.7 Å². The third-order valence-corrected chi connectivity index (χ3v) is 4.89. The summed E-state index contributed by atoms with van der Waals surface area (Å²) in [6.45, 7) is 1.45. The number of carbonyl (C=O) groups is 3. The number of benzene rings is 2. The van der Waals surface area contributed by atoms with E-state index in [0.29, 0.717) is 16.1 Å². The molecule has 1 aliphatic heterocycles. The topological polar surface area (TPSA) is 135 Å². The Labute approximate surface area is 169 Å². The molecule has 0 unspecified atom stereocenters. The zero-order chi connectivity index (χ0) is 21.5. The number of nitrogens with zero attached hydrogens (tertiary/aromatic N) is 3. The molecule has 0 aliphatic carbocycles. The fourth-order valence-electron chi connectivity index (χ4n) is 3.20. The van der Waals surface area contributed by atoms with Gasteiger partial charge >= 0.3 is 6.03 Å². The van der Waals surface area contributed by atoms with Crippen molar-refractivity contribution in [1.29, 1.82) is 0 Å². The molecule has 10 nitrogen and oxygen atoms in total. The number of carbonyl (C=O) groups excluding carboxylic acids is 3. The van der Waals surface area contributed by atoms with E-state index in [4.69, 9.17) is 0 Å². The van der Waals surface area contributed by atoms with Crippen molar-refractivity contribution < 1.29 is 19.3 Å². The van der Waals surface area contributed by atoms with Crippen molar-refractivity contribution in [2.45, 2.75) is 12.5 Å². The Hall–Kier alpha value is -4.34. The molecule has 1 aliphatic rings. The van der Waals surface area contributed by atoms with E-state index in [0.717, 1.165) is 5.39 Å². The Balaban J connectivity index is 1.57. The molecule has 4 amide bonds. The minimum Gasteiger partial charge on any atom is -0.318 e. The standard InChI is InChI=1S/C20H15N5O5/c1-20(13-7-9-14(10-8-13)25(29)30)18(27)24(19(28)22-20)23-17(26)16-11-6-12-4-2-3-5-15(12)21-16/h2-11H,1H3,(H,22,28)(H,23,26)/t20-/m0/s1. The van der Waals surface area contributed by atoms with E-state index in [1.165, 1.54) is 37.3 Å². The number of nitro groups is 1. The Bertz CT molecular complexity index is 1210. The van der Waals surface area contributed by atoms with Crippen LogP contribution in [0.5, 0.6) is 0 Å². The van der Waals surface area contributed by atoms with Crippen LogP contribution in [-0.2, 0) is 10.3 Å². The number of nitrogens with one attached hydrogen (secondary N) is 2. The van der Waals surface area contributed by atoms with Gasteiger partial charge in [-0.3, -0.25) is 25.1 Å². The number of fused-ring (bicyclic) bond motifs is 1. The normalized spacial score (nSPS) is 18.4. The number of hydrogen-bond acceptors (Lipinski definition) is 6. The van der Waals surface area contributed by atoms with E-state index in [9.17, 15) is 24.5 Å².